The van der Waals surface area contributed by atoms with Crippen LogP contribution in [0.25, 0.3) is 0 Å². The molecule has 1 rings (SSSR count). The maximum atomic E-state index is 12.2. The number of hydrazone groups is 1. The molecule has 5 nitrogen and oxygen atoms in total. The average Bonchev–Trinajstić information content (AvgIpc) is 2.06. The van der Waals surface area contributed by atoms with Crippen LogP contribution in [0.1, 0.15) is 0 Å². The third-order valence-corrected chi connectivity index (χ3v) is 1.07. The van der Waals surface area contributed by atoms with Crippen LogP contribution in [-0.4, -0.2) is 17.0 Å². The Hall–Kier alpha value is -1.85. The molecular formula is C6H7FN4O. The van der Waals surface area contributed by atoms with E-state index in [2.05, 4.69) is 22.5 Å². The number of nitrogens with one attached hydrogen (secondary N) is 2. The third kappa shape index (κ3) is 1.82. The highest BCUT2D eigenvalue weighted by atomic mass is 19.1. The van der Waals surface area contributed by atoms with Gasteiger partial charge in [-0.3, -0.25) is 0 Å². The van der Waals surface area contributed by atoms with Crippen molar-refractivity contribution < 1.29 is 9.18 Å². The fourth-order valence-corrected chi connectivity index (χ4v) is 0.578. The summed E-state index contributed by atoms with van der Waals surface area (Å²) in [4.78, 5) is 10.9. The van der Waals surface area contributed by atoms with Crippen LogP contribution in [0.4, 0.5) is 9.18 Å². The summed E-state index contributed by atoms with van der Waals surface area (Å²) in [6.07, 6.45) is 3.48. The average molecular weight is 170 g/mol. The van der Waals surface area contributed by atoms with Crippen molar-refractivity contribution >= 4 is 12.0 Å². The molecule has 0 aromatic carbocycles. The first kappa shape index (κ1) is 8.25. The second kappa shape index (κ2) is 3.51. The number of allylic oxidation sites excluding steroid dienone is 1. The van der Waals surface area contributed by atoms with Crippen molar-refractivity contribution in [3.8, 4) is 0 Å². The molecule has 0 aromatic rings. The van der Waals surface area contributed by atoms with Crippen LogP contribution in [0.2, 0.25) is 0 Å². The summed E-state index contributed by atoms with van der Waals surface area (Å²) in [6.45, 7) is 3.29. The molecule has 0 aliphatic carbocycles. The van der Waals surface area contributed by atoms with Crippen LogP contribution in [0.15, 0.2) is 30.2 Å². The van der Waals surface area contributed by atoms with E-state index >= 15 is 0 Å². The number of hydrazine groups is 1. The van der Waals surface area contributed by atoms with Gasteiger partial charge in [0.15, 0.2) is 0 Å². The Morgan fingerprint density at radius 1 is 1.92 bits per heavy atom. The molecular weight excluding hydrogens is 163 g/mol. The molecule has 1 aliphatic rings. The van der Waals surface area contributed by atoms with E-state index in [1.54, 1.807) is 0 Å². The lowest BCUT2D eigenvalue weighted by molar-refractivity contribution is 0.201. The second-order valence-electron chi connectivity index (χ2n) is 1.87. The van der Waals surface area contributed by atoms with Crippen molar-refractivity contribution in [3.63, 3.8) is 0 Å². The standard InChI is InChI=1S/C6H7FN4O/c1-2-8-6(12)11-4-3-5(7)9-10-11/h2-4,10H,1H2,(H,8,12). The van der Waals surface area contributed by atoms with Gasteiger partial charge >= 0.3 is 6.03 Å². The molecule has 2 N–H and O–H groups in total. The highest BCUT2D eigenvalue weighted by Gasteiger charge is 2.10. The second-order valence-corrected chi connectivity index (χ2v) is 1.87. The Morgan fingerprint density at radius 2 is 2.67 bits per heavy atom. The maximum Gasteiger partial charge on any atom is 0.345 e. The summed E-state index contributed by atoms with van der Waals surface area (Å²) in [5.41, 5.74) is 2.15. The number of nitrogens with zero attached hydrogens (tertiary/aromatic N) is 2. The fraction of sp³-hybridized carbons (Fsp3) is 0. The molecule has 0 saturated carbocycles. The molecule has 0 unspecified atom stereocenters. The summed E-state index contributed by atoms with van der Waals surface area (Å²) < 4.78 is 12.2. The predicted molar refractivity (Wildman–Crippen MR) is 41.4 cm³/mol. The molecule has 2 amide bonds. The van der Waals surface area contributed by atoms with Crippen molar-refractivity contribution in [2.45, 2.75) is 0 Å². The van der Waals surface area contributed by atoms with Gasteiger partial charge in [0.2, 0.25) is 5.97 Å². The largest absolute Gasteiger partial charge is 0.345 e. The first-order valence-electron chi connectivity index (χ1n) is 3.11. The van der Waals surface area contributed by atoms with E-state index in [1.165, 1.54) is 12.4 Å². The van der Waals surface area contributed by atoms with Gasteiger partial charge in [-0.2, -0.15) is 9.40 Å². The predicted octanol–water partition coefficient (Wildman–Crippen LogP) is 0.456. The van der Waals surface area contributed by atoms with Crippen molar-refractivity contribution in [1.29, 1.82) is 0 Å². The Morgan fingerprint density at radius 3 is 3.17 bits per heavy atom. The highest BCUT2D eigenvalue weighted by Crippen LogP contribution is 1.95. The van der Waals surface area contributed by atoms with E-state index in [0.29, 0.717) is 0 Å². The van der Waals surface area contributed by atoms with E-state index in [-0.39, 0.29) is 0 Å². The molecule has 6 heteroatoms. The number of hydrogen-bond acceptors (Lipinski definition) is 3. The monoisotopic (exact) mass is 170 g/mol. The normalized spacial score (nSPS) is 14.8. The van der Waals surface area contributed by atoms with Crippen molar-refractivity contribution in [2.24, 2.45) is 5.10 Å². The first-order chi connectivity index (χ1) is 5.74. The lowest BCUT2D eigenvalue weighted by atomic mass is 10.6. The SMILES string of the molecule is C=CNC(=O)N1C=CC(F)=NN1. The van der Waals surface area contributed by atoms with Gasteiger partial charge in [-0.25, -0.2) is 10.3 Å². The zero-order valence-electron chi connectivity index (χ0n) is 6.12. The lowest BCUT2D eigenvalue weighted by Gasteiger charge is -2.18. The van der Waals surface area contributed by atoms with E-state index in [4.69, 9.17) is 0 Å². The zero-order valence-corrected chi connectivity index (χ0v) is 6.12. The van der Waals surface area contributed by atoms with Gasteiger partial charge in [0.25, 0.3) is 0 Å². The number of amides is 2. The summed E-state index contributed by atoms with van der Waals surface area (Å²) in [5, 5.41) is 6.41. The molecule has 1 aliphatic heterocycles. The van der Waals surface area contributed by atoms with E-state index < -0.39 is 12.0 Å². The molecule has 0 atom stereocenters. The quantitative estimate of drug-likeness (QED) is 0.600. The number of carbonyl (C=O) groups excluding carboxylic acids is 1. The van der Waals surface area contributed by atoms with Gasteiger partial charge in [0.1, 0.15) is 0 Å². The van der Waals surface area contributed by atoms with E-state index in [9.17, 15) is 9.18 Å². The zero-order chi connectivity index (χ0) is 8.97. The summed E-state index contributed by atoms with van der Waals surface area (Å²) in [7, 11) is 0. The molecule has 0 fully saturated rings. The van der Waals surface area contributed by atoms with E-state index in [0.717, 1.165) is 11.1 Å². The Balaban J connectivity index is 2.52. The van der Waals surface area contributed by atoms with Crippen molar-refractivity contribution in [1.82, 2.24) is 15.9 Å². The first-order valence-corrected chi connectivity index (χ1v) is 3.11. The topological polar surface area (TPSA) is 56.7 Å². The number of hydrogen-bond donors (Lipinski definition) is 2. The van der Waals surface area contributed by atoms with Gasteiger partial charge in [0, 0.05) is 12.3 Å². The van der Waals surface area contributed by atoms with Gasteiger partial charge in [-0.15, -0.1) is 5.10 Å². The molecule has 0 saturated heterocycles. The van der Waals surface area contributed by atoms with Crippen molar-refractivity contribution in [3.05, 3.63) is 25.1 Å². The van der Waals surface area contributed by atoms with Gasteiger partial charge in [-0.1, -0.05) is 6.58 Å². The van der Waals surface area contributed by atoms with Crippen LogP contribution >= 0.6 is 0 Å². The molecule has 0 radical (unpaired) electrons. The van der Waals surface area contributed by atoms with Crippen molar-refractivity contribution in [2.75, 3.05) is 0 Å². The molecule has 0 spiro atoms. The van der Waals surface area contributed by atoms with E-state index in [1.807, 2.05) is 0 Å². The number of halogens is 1. The van der Waals surface area contributed by atoms with Crippen LogP contribution in [-0.2, 0) is 0 Å². The summed E-state index contributed by atoms with van der Waals surface area (Å²) in [6, 6.07) is -0.488. The third-order valence-electron chi connectivity index (χ3n) is 1.07. The summed E-state index contributed by atoms with van der Waals surface area (Å²) in [5.74, 6) is -0.683. The Labute approximate surface area is 68.2 Å². The van der Waals surface area contributed by atoms with Gasteiger partial charge in [-0.05, 0) is 6.20 Å². The summed E-state index contributed by atoms with van der Waals surface area (Å²) >= 11 is 0. The van der Waals surface area contributed by atoms with Gasteiger partial charge < -0.3 is 5.32 Å². The number of urea groups is 1. The molecule has 64 valence electrons. The lowest BCUT2D eigenvalue weighted by Crippen LogP contribution is -2.42. The van der Waals surface area contributed by atoms with Crippen LogP contribution < -0.4 is 10.9 Å². The number of carbonyl (C=O) groups is 1. The molecule has 0 aromatic heterocycles. The van der Waals surface area contributed by atoms with Crippen LogP contribution in [0, 0.1) is 0 Å². The minimum atomic E-state index is -0.683. The molecule has 12 heavy (non-hydrogen) atoms. The highest BCUT2D eigenvalue weighted by molar-refractivity contribution is 5.88. The Kier molecular flexibility index (Phi) is 2.42. The fourth-order valence-electron chi connectivity index (χ4n) is 0.578. The van der Waals surface area contributed by atoms with Crippen LogP contribution in [0.3, 0.4) is 0 Å². The maximum absolute atomic E-state index is 12.2. The van der Waals surface area contributed by atoms with Gasteiger partial charge in [0.05, 0.1) is 0 Å². The molecule has 1 heterocycles. The minimum absolute atomic E-state index is 0.488. The minimum Gasteiger partial charge on any atom is -0.313 e. The number of rotatable bonds is 1. The van der Waals surface area contributed by atoms with Crippen LogP contribution in [0.5, 0.6) is 0 Å². The smallest absolute Gasteiger partial charge is 0.313 e. The Bertz CT molecular complexity index is 260. The molecule has 0 bridgehead atoms.